The van der Waals surface area contributed by atoms with Gasteiger partial charge in [0.05, 0.1) is 26.2 Å². The minimum absolute atomic E-state index is 0.100. The molecular weight excluding hydrogens is 338 g/mol. The molecule has 148 valence electrons. The largest absolute Gasteiger partial charge is 0.360 e. The average Bonchev–Trinajstić information content (AvgIpc) is 2.66. The molecule has 1 aliphatic carbocycles. The lowest BCUT2D eigenvalue weighted by molar-refractivity contribution is -0.892. The maximum Gasteiger partial charge on any atom is 0.275 e. The Labute approximate surface area is 163 Å². The standard InChI is InChI=1S/C22H33N3O2/c1-16-5-4-6-21(17(16)2)23-22(27)15-24-11-13-25(14-12-24)20-9-7-19(8-10-20)18(3)26/h7-10,16-17,21H,4-6,11-15H2,1-3H3,(H,23,27)/p+1/t16-,17-,21-/m1/s1. The zero-order chi connectivity index (χ0) is 19.4. The van der Waals surface area contributed by atoms with Crippen LogP contribution >= 0.6 is 0 Å². The van der Waals surface area contributed by atoms with E-state index < -0.39 is 0 Å². The molecule has 5 heteroatoms. The summed E-state index contributed by atoms with van der Waals surface area (Å²) in [5.41, 5.74) is 1.92. The molecule has 3 atom stereocenters. The van der Waals surface area contributed by atoms with Gasteiger partial charge < -0.3 is 15.1 Å². The van der Waals surface area contributed by atoms with Crippen molar-refractivity contribution >= 4 is 17.4 Å². The van der Waals surface area contributed by atoms with E-state index in [1.807, 2.05) is 24.3 Å². The van der Waals surface area contributed by atoms with E-state index in [0.717, 1.165) is 43.9 Å². The van der Waals surface area contributed by atoms with Gasteiger partial charge in [-0.3, -0.25) is 9.59 Å². The number of Topliss-reactive ketones (excluding diaryl/α,β-unsaturated/α-hetero) is 1. The van der Waals surface area contributed by atoms with E-state index in [0.29, 0.717) is 24.4 Å². The van der Waals surface area contributed by atoms with E-state index in [1.54, 1.807) is 6.92 Å². The van der Waals surface area contributed by atoms with E-state index in [4.69, 9.17) is 0 Å². The van der Waals surface area contributed by atoms with E-state index >= 15 is 0 Å². The van der Waals surface area contributed by atoms with Crippen molar-refractivity contribution in [1.82, 2.24) is 5.32 Å². The zero-order valence-electron chi connectivity index (χ0n) is 17.0. The number of nitrogens with one attached hydrogen (secondary N) is 2. The maximum absolute atomic E-state index is 12.5. The third-order valence-electron chi connectivity index (χ3n) is 6.57. The summed E-state index contributed by atoms with van der Waals surface area (Å²) in [7, 11) is 0. The molecule has 1 amide bonds. The number of benzene rings is 1. The van der Waals surface area contributed by atoms with Gasteiger partial charge >= 0.3 is 0 Å². The Morgan fingerprint density at radius 1 is 1.11 bits per heavy atom. The number of piperazine rings is 1. The van der Waals surface area contributed by atoms with Crippen LogP contribution in [-0.2, 0) is 4.79 Å². The summed E-state index contributed by atoms with van der Waals surface area (Å²) in [5, 5.41) is 3.30. The van der Waals surface area contributed by atoms with Crippen molar-refractivity contribution in [2.75, 3.05) is 37.6 Å². The molecule has 1 aromatic carbocycles. The highest BCUT2D eigenvalue weighted by atomic mass is 16.2. The first-order chi connectivity index (χ1) is 12.9. The lowest BCUT2D eigenvalue weighted by atomic mass is 9.78. The van der Waals surface area contributed by atoms with Gasteiger partial charge in [0, 0.05) is 17.3 Å². The monoisotopic (exact) mass is 372 g/mol. The number of quaternary nitrogens is 1. The van der Waals surface area contributed by atoms with Crippen molar-refractivity contribution in [2.24, 2.45) is 11.8 Å². The normalized spacial score (nSPS) is 26.6. The highest BCUT2D eigenvalue weighted by molar-refractivity contribution is 5.94. The van der Waals surface area contributed by atoms with Crippen molar-refractivity contribution in [3.05, 3.63) is 29.8 Å². The molecule has 1 aromatic rings. The molecule has 0 aromatic heterocycles. The molecule has 0 unspecified atom stereocenters. The summed E-state index contributed by atoms with van der Waals surface area (Å²) in [6.45, 7) is 10.6. The van der Waals surface area contributed by atoms with E-state index in [2.05, 4.69) is 24.1 Å². The van der Waals surface area contributed by atoms with Gasteiger partial charge in [-0.15, -0.1) is 0 Å². The Morgan fingerprint density at radius 2 is 1.78 bits per heavy atom. The summed E-state index contributed by atoms with van der Waals surface area (Å²) >= 11 is 0. The molecule has 3 rings (SSSR count). The van der Waals surface area contributed by atoms with E-state index in [-0.39, 0.29) is 11.7 Å². The van der Waals surface area contributed by atoms with Crippen LogP contribution in [0.25, 0.3) is 0 Å². The fraction of sp³-hybridized carbons (Fsp3) is 0.636. The van der Waals surface area contributed by atoms with Crippen molar-refractivity contribution in [3.8, 4) is 0 Å². The number of nitrogens with zero attached hydrogens (tertiary/aromatic N) is 1. The molecule has 1 aliphatic heterocycles. The summed E-state index contributed by atoms with van der Waals surface area (Å²) in [4.78, 5) is 27.6. The van der Waals surface area contributed by atoms with Crippen LogP contribution in [0.3, 0.4) is 0 Å². The van der Waals surface area contributed by atoms with Crippen LogP contribution < -0.4 is 15.1 Å². The van der Waals surface area contributed by atoms with Crippen molar-refractivity contribution < 1.29 is 14.5 Å². The van der Waals surface area contributed by atoms with Crippen LogP contribution in [-0.4, -0.2) is 50.5 Å². The number of ketones is 1. The van der Waals surface area contributed by atoms with Crippen LogP contribution in [0, 0.1) is 11.8 Å². The minimum atomic E-state index is 0.100. The molecule has 0 radical (unpaired) electrons. The molecule has 1 saturated carbocycles. The summed E-state index contributed by atoms with van der Waals surface area (Å²) in [5.74, 6) is 1.58. The zero-order valence-corrected chi connectivity index (χ0v) is 17.0. The summed E-state index contributed by atoms with van der Waals surface area (Å²) in [6.07, 6.45) is 3.63. The van der Waals surface area contributed by atoms with Gasteiger partial charge in [0.1, 0.15) is 0 Å². The Hall–Kier alpha value is -1.88. The second-order valence-corrected chi connectivity index (χ2v) is 8.46. The van der Waals surface area contributed by atoms with Crippen LogP contribution in [0.15, 0.2) is 24.3 Å². The molecule has 2 fully saturated rings. The summed E-state index contributed by atoms with van der Waals surface area (Å²) < 4.78 is 0. The van der Waals surface area contributed by atoms with E-state index in [1.165, 1.54) is 17.7 Å². The number of rotatable bonds is 5. The number of amides is 1. The maximum atomic E-state index is 12.5. The molecule has 1 saturated heterocycles. The predicted molar refractivity (Wildman–Crippen MR) is 108 cm³/mol. The first-order valence-electron chi connectivity index (χ1n) is 10.4. The van der Waals surface area contributed by atoms with Crippen molar-refractivity contribution in [3.63, 3.8) is 0 Å². The van der Waals surface area contributed by atoms with Crippen LogP contribution in [0.4, 0.5) is 5.69 Å². The minimum Gasteiger partial charge on any atom is -0.360 e. The number of anilines is 1. The molecule has 1 heterocycles. The van der Waals surface area contributed by atoms with Gasteiger partial charge in [-0.25, -0.2) is 0 Å². The first-order valence-corrected chi connectivity index (χ1v) is 10.4. The number of carbonyl (C=O) groups excluding carboxylic acids is 2. The summed E-state index contributed by atoms with van der Waals surface area (Å²) in [6, 6.07) is 8.20. The van der Waals surface area contributed by atoms with Crippen LogP contribution in [0.5, 0.6) is 0 Å². The molecule has 5 nitrogen and oxygen atoms in total. The fourth-order valence-electron chi connectivity index (χ4n) is 4.44. The SMILES string of the molecule is CC(=O)c1ccc(N2CC[NH+](CC(=O)N[C@@H]3CCC[C@@H](C)[C@H]3C)CC2)cc1. The van der Waals surface area contributed by atoms with Crippen LogP contribution in [0.1, 0.15) is 50.4 Å². The Morgan fingerprint density at radius 3 is 2.41 bits per heavy atom. The number of hydrogen-bond donors (Lipinski definition) is 2. The van der Waals surface area contributed by atoms with Gasteiger partial charge in [0.25, 0.3) is 5.91 Å². The average molecular weight is 373 g/mol. The van der Waals surface area contributed by atoms with Crippen molar-refractivity contribution in [2.45, 2.75) is 46.1 Å². The third kappa shape index (κ3) is 5.10. The molecule has 2 aliphatic rings. The Kier molecular flexibility index (Phi) is 6.53. The second kappa shape index (κ2) is 8.87. The van der Waals surface area contributed by atoms with Crippen molar-refractivity contribution in [1.29, 1.82) is 0 Å². The highest BCUT2D eigenvalue weighted by Gasteiger charge is 2.29. The number of carbonyl (C=O) groups is 2. The second-order valence-electron chi connectivity index (χ2n) is 8.46. The van der Waals surface area contributed by atoms with Crippen LogP contribution in [0.2, 0.25) is 0 Å². The molecule has 0 bridgehead atoms. The van der Waals surface area contributed by atoms with E-state index in [9.17, 15) is 9.59 Å². The highest BCUT2D eigenvalue weighted by Crippen LogP contribution is 2.29. The first kappa shape index (κ1) is 19.9. The third-order valence-corrected chi connectivity index (χ3v) is 6.57. The van der Waals surface area contributed by atoms with Gasteiger partial charge in [-0.1, -0.05) is 26.7 Å². The van der Waals surface area contributed by atoms with Gasteiger partial charge in [-0.2, -0.15) is 0 Å². The molecule has 2 N–H and O–H groups in total. The smallest absolute Gasteiger partial charge is 0.275 e. The topological polar surface area (TPSA) is 53.9 Å². The number of hydrogen-bond acceptors (Lipinski definition) is 3. The van der Waals surface area contributed by atoms with Gasteiger partial charge in [0.2, 0.25) is 0 Å². The Balaban J connectivity index is 1.45. The van der Waals surface area contributed by atoms with Gasteiger partial charge in [0.15, 0.2) is 12.3 Å². The fourth-order valence-corrected chi connectivity index (χ4v) is 4.44. The lowest BCUT2D eigenvalue weighted by Gasteiger charge is -2.36. The lowest BCUT2D eigenvalue weighted by Crippen LogP contribution is -3.16. The molecular formula is C22H34N3O2+. The molecule has 27 heavy (non-hydrogen) atoms. The predicted octanol–water partition coefficient (Wildman–Crippen LogP) is 1.54. The quantitative estimate of drug-likeness (QED) is 0.771. The van der Waals surface area contributed by atoms with Gasteiger partial charge in [-0.05, 0) is 49.4 Å². The molecule has 0 spiro atoms. The Bertz CT molecular complexity index is 650.